The Morgan fingerprint density at radius 1 is 1.23 bits per heavy atom. The molecule has 0 bridgehead atoms. The van der Waals surface area contributed by atoms with Gasteiger partial charge in [0.15, 0.2) is 10.7 Å². The molecule has 0 saturated heterocycles. The fraction of sp³-hybridized carbons (Fsp3) is 0. The van der Waals surface area contributed by atoms with Crippen LogP contribution in [0.1, 0.15) is 10.5 Å². The summed E-state index contributed by atoms with van der Waals surface area (Å²) in [5.74, 6) is -0.260. The van der Waals surface area contributed by atoms with Crippen LogP contribution in [0.2, 0.25) is 0 Å². The standard InChI is InChI=1S/C14H9N5OS2/c20-13(11-7-15-22-18-11)16-10-3-1-9(2-4-10)12-8-19-5-6-21-14(19)17-12/h1-8H,(H,16,20). The summed E-state index contributed by atoms with van der Waals surface area (Å²) in [6.07, 6.45) is 5.42. The Labute approximate surface area is 133 Å². The van der Waals surface area contributed by atoms with E-state index in [-0.39, 0.29) is 5.91 Å². The van der Waals surface area contributed by atoms with Gasteiger partial charge in [-0.15, -0.1) is 11.3 Å². The van der Waals surface area contributed by atoms with Gasteiger partial charge < -0.3 is 5.32 Å². The zero-order valence-corrected chi connectivity index (χ0v) is 12.8. The minimum atomic E-state index is -0.260. The van der Waals surface area contributed by atoms with Crippen molar-refractivity contribution in [2.45, 2.75) is 0 Å². The van der Waals surface area contributed by atoms with Gasteiger partial charge in [-0.2, -0.15) is 8.75 Å². The van der Waals surface area contributed by atoms with Crippen LogP contribution < -0.4 is 5.32 Å². The fourth-order valence-corrected chi connectivity index (χ4v) is 3.16. The number of nitrogens with one attached hydrogen (secondary N) is 1. The van der Waals surface area contributed by atoms with E-state index in [1.54, 1.807) is 11.3 Å². The number of rotatable bonds is 3. The highest BCUT2D eigenvalue weighted by Crippen LogP contribution is 2.23. The number of nitrogens with zero attached hydrogens (tertiary/aromatic N) is 4. The predicted octanol–water partition coefficient (Wildman–Crippen LogP) is 3.17. The summed E-state index contributed by atoms with van der Waals surface area (Å²) in [5, 5.41) is 4.78. The molecule has 0 spiro atoms. The molecule has 0 aliphatic heterocycles. The number of hydrogen-bond acceptors (Lipinski definition) is 6. The maximum Gasteiger partial charge on any atom is 0.277 e. The van der Waals surface area contributed by atoms with Gasteiger partial charge in [-0.25, -0.2) is 4.98 Å². The third-order valence-corrected chi connectivity index (χ3v) is 4.37. The van der Waals surface area contributed by atoms with Gasteiger partial charge in [0.2, 0.25) is 0 Å². The van der Waals surface area contributed by atoms with E-state index < -0.39 is 0 Å². The SMILES string of the molecule is O=C(Nc1ccc(-c2cn3ccsc3n2)cc1)c1cnsn1. The zero-order chi connectivity index (χ0) is 14.9. The Balaban J connectivity index is 1.55. The van der Waals surface area contributed by atoms with E-state index in [9.17, 15) is 4.79 Å². The first-order chi connectivity index (χ1) is 10.8. The second-order valence-corrected chi connectivity index (χ2v) is 5.97. The number of aromatic nitrogens is 4. The molecule has 0 radical (unpaired) electrons. The summed E-state index contributed by atoms with van der Waals surface area (Å²) in [5.41, 5.74) is 2.95. The smallest absolute Gasteiger partial charge is 0.277 e. The van der Waals surface area contributed by atoms with Gasteiger partial charge in [-0.1, -0.05) is 12.1 Å². The quantitative estimate of drug-likeness (QED) is 0.627. The van der Waals surface area contributed by atoms with Gasteiger partial charge in [-0.3, -0.25) is 9.20 Å². The highest BCUT2D eigenvalue weighted by Gasteiger charge is 2.09. The highest BCUT2D eigenvalue weighted by molar-refractivity contribution is 7.15. The second kappa shape index (κ2) is 5.32. The molecule has 0 aliphatic carbocycles. The van der Waals surface area contributed by atoms with Gasteiger partial charge >= 0.3 is 0 Å². The largest absolute Gasteiger partial charge is 0.321 e. The van der Waals surface area contributed by atoms with Crippen molar-refractivity contribution in [3.63, 3.8) is 0 Å². The number of carbonyl (C=O) groups is 1. The molecule has 3 aromatic heterocycles. The zero-order valence-electron chi connectivity index (χ0n) is 11.1. The third kappa shape index (κ3) is 2.38. The second-order valence-electron chi connectivity index (χ2n) is 4.54. The van der Waals surface area contributed by atoms with Gasteiger partial charge in [0.1, 0.15) is 0 Å². The minimum absolute atomic E-state index is 0.260. The highest BCUT2D eigenvalue weighted by atomic mass is 32.1. The average Bonchev–Trinajstić information content (AvgIpc) is 3.24. The van der Waals surface area contributed by atoms with Crippen LogP contribution in [-0.4, -0.2) is 24.0 Å². The average molecular weight is 327 g/mol. The molecular formula is C14H9N5OS2. The summed E-state index contributed by atoms with van der Waals surface area (Å²) < 4.78 is 9.71. The van der Waals surface area contributed by atoms with Crippen LogP contribution in [-0.2, 0) is 0 Å². The Morgan fingerprint density at radius 3 is 2.82 bits per heavy atom. The Morgan fingerprint density at radius 2 is 2.09 bits per heavy atom. The Bertz CT molecular complexity index is 895. The molecule has 22 heavy (non-hydrogen) atoms. The summed E-state index contributed by atoms with van der Waals surface area (Å²) in [7, 11) is 0. The molecule has 0 fully saturated rings. The molecule has 0 saturated carbocycles. The van der Waals surface area contributed by atoms with E-state index in [1.165, 1.54) is 6.20 Å². The van der Waals surface area contributed by atoms with Crippen molar-refractivity contribution in [3.05, 3.63) is 53.9 Å². The molecule has 1 aromatic carbocycles. The molecular weight excluding hydrogens is 318 g/mol. The molecule has 3 heterocycles. The number of benzene rings is 1. The van der Waals surface area contributed by atoms with Crippen LogP contribution in [0.25, 0.3) is 16.2 Å². The first kappa shape index (κ1) is 13.1. The van der Waals surface area contributed by atoms with Crippen molar-refractivity contribution in [2.75, 3.05) is 5.32 Å². The lowest BCUT2D eigenvalue weighted by atomic mass is 10.1. The molecule has 8 heteroatoms. The van der Waals surface area contributed by atoms with Crippen molar-refractivity contribution >= 4 is 39.6 Å². The van der Waals surface area contributed by atoms with Crippen LogP contribution in [0, 0.1) is 0 Å². The van der Waals surface area contributed by atoms with Crippen LogP contribution in [0.4, 0.5) is 5.69 Å². The van der Waals surface area contributed by atoms with E-state index in [0.29, 0.717) is 11.4 Å². The molecule has 0 atom stereocenters. The van der Waals surface area contributed by atoms with Crippen molar-refractivity contribution < 1.29 is 4.79 Å². The monoisotopic (exact) mass is 327 g/mol. The normalized spacial score (nSPS) is 10.9. The van der Waals surface area contributed by atoms with Crippen molar-refractivity contribution in [2.24, 2.45) is 0 Å². The van der Waals surface area contributed by atoms with E-state index in [4.69, 9.17) is 0 Å². The lowest BCUT2D eigenvalue weighted by molar-refractivity contribution is 0.102. The summed E-state index contributed by atoms with van der Waals surface area (Å²) >= 11 is 2.61. The van der Waals surface area contributed by atoms with Gasteiger partial charge in [0, 0.05) is 29.0 Å². The fourth-order valence-electron chi connectivity index (χ4n) is 2.05. The van der Waals surface area contributed by atoms with Crippen molar-refractivity contribution in [1.82, 2.24) is 18.1 Å². The number of hydrogen-bond donors (Lipinski definition) is 1. The molecule has 4 aromatic rings. The molecule has 0 unspecified atom stereocenters. The maximum absolute atomic E-state index is 11.9. The molecule has 108 valence electrons. The summed E-state index contributed by atoms with van der Waals surface area (Å²) in [4.78, 5) is 17.4. The Hall–Kier alpha value is -2.58. The van der Waals surface area contributed by atoms with Gasteiger partial charge in [0.05, 0.1) is 23.6 Å². The van der Waals surface area contributed by atoms with Crippen LogP contribution in [0.3, 0.4) is 0 Å². The lowest BCUT2D eigenvalue weighted by Crippen LogP contribution is -2.11. The Kier molecular flexibility index (Phi) is 3.17. The number of anilines is 1. The summed E-state index contributed by atoms with van der Waals surface area (Å²) in [6.45, 7) is 0. The van der Waals surface area contributed by atoms with E-state index in [1.807, 2.05) is 46.4 Å². The molecule has 1 amide bonds. The predicted molar refractivity (Wildman–Crippen MR) is 86.4 cm³/mol. The number of amides is 1. The van der Waals surface area contributed by atoms with E-state index >= 15 is 0 Å². The number of fused-ring (bicyclic) bond motifs is 1. The van der Waals surface area contributed by atoms with E-state index in [2.05, 4.69) is 19.0 Å². The lowest BCUT2D eigenvalue weighted by Gasteiger charge is -2.03. The van der Waals surface area contributed by atoms with Gasteiger partial charge in [0.25, 0.3) is 5.91 Å². The minimum Gasteiger partial charge on any atom is -0.321 e. The molecule has 1 N–H and O–H groups in total. The molecule has 6 nitrogen and oxygen atoms in total. The third-order valence-electron chi connectivity index (χ3n) is 3.13. The molecule has 0 aliphatic rings. The number of carbonyl (C=O) groups excluding carboxylic acids is 1. The van der Waals surface area contributed by atoms with Crippen LogP contribution >= 0.6 is 23.1 Å². The van der Waals surface area contributed by atoms with E-state index in [0.717, 1.165) is 27.9 Å². The number of imidazole rings is 1. The maximum atomic E-state index is 11.9. The van der Waals surface area contributed by atoms with Crippen LogP contribution in [0.5, 0.6) is 0 Å². The van der Waals surface area contributed by atoms with Crippen molar-refractivity contribution in [1.29, 1.82) is 0 Å². The first-order valence-electron chi connectivity index (χ1n) is 6.41. The summed E-state index contributed by atoms with van der Waals surface area (Å²) in [6, 6.07) is 7.56. The first-order valence-corrected chi connectivity index (χ1v) is 8.02. The topological polar surface area (TPSA) is 72.2 Å². The van der Waals surface area contributed by atoms with Gasteiger partial charge in [-0.05, 0) is 12.1 Å². The molecule has 4 rings (SSSR count). The van der Waals surface area contributed by atoms with Crippen molar-refractivity contribution in [3.8, 4) is 11.3 Å². The number of thiazole rings is 1. The van der Waals surface area contributed by atoms with Crippen LogP contribution in [0.15, 0.2) is 48.2 Å².